The molecule has 0 aromatic heterocycles. The minimum absolute atomic E-state index is 0.00793. The third-order valence-corrected chi connectivity index (χ3v) is 3.88. The largest absolute Gasteiger partial charge is 0.311 e. The van der Waals surface area contributed by atoms with E-state index in [0.717, 1.165) is 11.8 Å². The Morgan fingerprint density at radius 2 is 2.05 bits per heavy atom. The van der Waals surface area contributed by atoms with Crippen molar-refractivity contribution in [2.45, 2.75) is 6.54 Å². The minimum atomic E-state index is -3.18. The van der Waals surface area contributed by atoms with E-state index >= 15 is 0 Å². The van der Waals surface area contributed by atoms with Crippen molar-refractivity contribution in [2.75, 3.05) is 19.3 Å². The van der Waals surface area contributed by atoms with Crippen LogP contribution in [0.5, 0.6) is 0 Å². The quantitative estimate of drug-likeness (QED) is 0.433. The summed E-state index contributed by atoms with van der Waals surface area (Å²) < 4.78 is 24.4. The van der Waals surface area contributed by atoms with Gasteiger partial charge in [0.2, 0.25) is 10.0 Å². The van der Waals surface area contributed by atoms with Gasteiger partial charge in [0.05, 0.1) is 15.7 Å². The predicted molar refractivity (Wildman–Crippen MR) is 75.3 cm³/mol. The maximum Gasteiger partial charge on any atom is 0.283 e. The topological polar surface area (TPSA) is 101 Å². The summed E-state index contributed by atoms with van der Waals surface area (Å²) in [6.07, 6.45) is 1.09. The van der Waals surface area contributed by atoms with Gasteiger partial charge < -0.3 is 5.32 Å². The van der Waals surface area contributed by atoms with Gasteiger partial charge in [0, 0.05) is 25.7 Å². The Morgan fingerprint density at radius 1 is 1.37 bits per heavy atom. The van der Waals surface area contributed by atoms with Crippen LogP contribution in [0.15, 0.2) is 22.7 Å². The number of hydrogen-bond donors (Lipinski definition) is 2. The fourth-order valence-electron chi connectivity index (χ4n) is 1.39. The Balaban J connectivity index is 2.50. The molecule has 1 aromatic carbocycles. The summed E-state index contributed by atoms with van der Waals surface area (Å²) in [5, 5.41) is 13.7. The van der Waals surface area contributed by atoms with Crippen LogP contribution in [-0.2, 0) is 16.6 Å². The van der Waals surface area contributed by atoms with Gasteiger partial charge in [-0.3, -0.25) is 10.1 Å². The summed E-state index contributed by atoms with van der Waals surface area (Å²) >= 11 is 3.19. The van der Waals surface area contributed by atoms with Crippen LogP contribution in [0.3, 0.4) is 0 Å². The molecule has 106 valence electrons. The molecule has 0 unspecified atom stereocenters. The Hall–Kier alpha value is -1.03. The summed E-state index contributed by atoms with van der Waals surface area (Å²) in [5.41, 5.74) is 0.752. The number of rotatable bonds is 7. The van der Waals surface area contributed by atoms with Crippen LogP contribution in [0.4, 0.5) is 5.69 Å². The van der Waals surface area contributed by atoms with Gasteiger partial charge in [-0.1, -0.05) is 12.1 Å². The predicted octanol–water partition coefficient (Wildman–Crippen LogP) is 0.996. The zero-order valence-electron chi connectivity index (χ0n) is 10.2. The molecule has 0 amide bonds. The molecule has 7 nitrogen and oxygen atoms in total. The van der Waals surface area contributed by atoms with E-state index in [1.807, 2.05) is 0 Å². The Labute approximate surface area is 119 Å². The molecule has 0 aliphatic heterocycles. The molecule has 0 atom stereocenters. The number of nitrogens with zero attached hydrogens (tertiary/aromatic N) is 1. The van der Waals surface area contributed by atoms with Crippen molar-refractivity contribution in [1.82, 2.24) is 10.0 Å². The van der Waals surface area contributed by atoms with Crippen molar-refractivity contribution >= 4 is 31.6 Å². The van der Waals surface area contributed by atoms with Gasteiger partial charge in [0.15, 0.2) is 0 Å². The van der Waals surface area contributed by atoms with Crippen LogP contribution in [0.25, 0.3) is 0 Å². The number of nitrogens with one attached hydrogen (secondary N) is 2. The first-order chi connectivity index (χ1) is 8.81. The number of benzene rings is 1. The van der Waals surface area contributed by atoms with Gasteiger partial charge in [0.1, 0.15) is 0 Å². The molecule has 0 radical (unpaired) electrons. The van der Waals surface area contributed by atoms with E-state index in [0.29, 0.717) is 17.6 Å². The SMILES string of the molecule is CS(=O)(=O)NCCNCc1cccc([N+](=O)[O-])c1Br. The highest BCUT2D eigenvalue weighted by atomic mass is 79.9. The van der Waals surface area contributed by atoms with Crippen LogP contribution >= 0.6 is 15.9 Å². The van der Waals surface area contributed by atoms with Crippen molar-refractivity contribution in [3.05, 3.63) is 38.3 Å². The zero-order chi connectivity index (χ0) is 14.5. The smallest absolute Gasteiger partial charge is 0.283 e. The summed E-state index contributed by atoms with van der Waals surface area (Å²) in [5.74, 6) is 0. The molecule has 9 heteroatoms. The van der Waals surface area contributed by atoms with Crippen molar-refractivity contribution in [2.24, 2.45) is 0 Å². The van der Waals surface area contributed by atoms with Gasteiger partial charge in [-0.05, 0) is 21.5 Å². The fourth-order valence-corrected chi connectivity index (χ4v) is 2.41. The lowest BCUT2D eigenvalue weighted by molar-refractivity contribution is -0.385. The van der Waals surface area contributed by atoms with E-state index in [1.165, 1.54) is 6.07 Å². The van der Waals surface area contributed by atoms with Crippen LogP contribution in [0, 0.1) is 10.1 Å². The molecule has 0 saturated carbocycles. The molecule has 0 spiro atoms. The third kappa shape index (κ3) is 5.64. The maximum atomic E-state index is 10.8. The molecule has 0 aliphatic carbocycles. The summed E-state index contributed by atoms with van der Waals surface area (Å²) in [6.45, 7) is 1.11. The van der Waals surface area contributed by atoms with Crippen molar-refractivity contribution in [3.63, 3.8) is 0 Å². The number of hydrogen-bond acceptors (Lipinski definition) is 5. The number of nitro benzene ring substituents is 1. The Morgan fingerprint density at radius 3 is 2.63 bits per heavy atom. The second-order valence-corrected chi connectivity index (χ2v) is 6.48. The lowest BCUT2D eigenvalue weighted by Crippen LogP contribution is -2.30. The molecule has 0 saturated heterocycles. The van der Waals surface area contributed by atoms with Gasteiger partial charge in [-0.2, -0.15) is 0 Å². The normalized spacial score (nSPS) is 11.5. The average molecular weight is 352 g/mol. The van der Waals surface area contributed by atoms with Gasteiger partial charge in [0.25, 0.3) is 5.69 Å². The Kier molecular flexibility index (Phi) is 5.85. The maximum absolute atomic E-state index is 10.8. The second kappa shape index (κ2) is 6.94. The van der Waals surface area contributed by atoms with E-state index in [2.05, 4.69) is 26.0 Å². The van der Waals surface area contributed by atoms with Gasteiger partial charge in [-0.15, -0.1) is 0 Å². The number of nitro groups is 1. The lowest BCUT2D eigenvalue weighted by atomic mass is 10.2. The van der Waals surface area contributed by atoms with Gasteiger partial charge in [-0.25, -0.2) is 13.1 Å². The standard InChI is InChI=1S/C10H14BrN3O4S/c1-19(17,18)13-6-5-12-7-8-3-2-4-9(10(8)11)14(15)16/h2-4,12-13H,5-7H2,1H3. The van der Waals surface area contributed by atoms with Crippen molar-refractivity contribution < 1.29 is 13.3 Å². The van der Waals surface area contributed by atoms with Crippen LogP contribution in [0.1, 0.15) is 5.56 Å². The lowest BCUT2D eigenvalue weighted by Gasteiger charge is -2.07. The molecule has 0 aliphatic rings. The van der Waals surface area contributed by atoms with E-state index in [4.69, 9.17) is 0 Å². The summed E-state index contributed by atoms with van der Waals surface area (Å²) in [4.78, 5) is 10.3. The third-order valence-electron chi connectivity index (χ3n) is 2.24. The Bertz CT molecular complexity index is 562. The van der Waals surface area contributed by atoms with Crippen LogP contribution < -0.4 is 10.0 Å². The summed E-state index contributed by atoms with van der Waals surface area (Å²) in [7, 11) is -3.18. The van der Waals surface area contributed by atoms with E-state index in [-0.39, 0.29) is 12.2 Å². The number of sulfonamides is 1. The summed E-state index contributed by atoms with van der Waals surface area (Å²) in [6, 6.07) is 4.78. The highest BCUT2D eigenvalue weighted by Crippen LogP contribution is 2.27. The van der Waals surface area contributed by atoms with Gasteiger partial charge >= 0.3 is 0 Å². The van der Waals surface area contributed by atoms with Crippen molar-refractivity contribution in [3.8, 4) is 0 Å². The van der Waals surface area contributed by atoms with Crippen LogP contribution in [0.2, 0.25) is 0 Å². The average Bonchev–Trinajstić information content (AvgIpc) is 2.28. The molecule has 1 aromatic rings. The van der Waals surface area contributed by atoms with Crippen LogP contribution in [-0.4, -0.2) is 32.7 Å². The van der Waals surface area contributed by atoms with E-state index in [9.17, 15) is 18.5 Å². The van der Waals surface area contributed by atoms with Crippen molar-refractivity contribution in [1.29, 1.82) is 0 Å². The minimum Gasteiger partial charge on any atom is -0.311 e. The second-order valence-electron chi connectivity index (χ2n) is 3.85. The highest BCUT2D eigenvalue weighted by molar-refractivity contribution is 9.10. The first-order valence-electron chi connectivity index (χ1n) is 5.38. The molecule has 1 rings (SSSR count). The molecule has 0 bridgehead atoms. The van der Waals surface area contributed by atoms with E-state index in [1.54, 1.807) is 12.1 Å². The molecular formula is C10H14BrN3O4S. The molecular weight excluding hydrogens is 338 g/mol. The first-order valence-corrected chi connectivity index (χ1v) is 8.07. The fraction of sp³-hybridized carbons (Fsp3) is 0.400. The highest BCUT2D eigenvalue weighted by Gasteiger charge is 2.14. The zero-order valence-corrected chi connectivity index (χ0v) is 12.6. The molecule has 0 fully saturated rings. The molecule has 0 heterocycles. The number of halogens is 1. The molecule has 19 heavy (non-hydrogen) atoms. The first kappa shape index (κ1) is 16.0. The molecule has 2 N–H and O–H groups in total. The van der Waals surface area contributed by atoms with E-state index < -0.39 is 14.9 Å². The monoisotopic (exact) mass is 351 g/mol.